The highest BCUT2D eigenvalue weighted by atomic mass is 127. The molecule has 5 heteroatoms. The number of fused-ring (bicyclic) bond motifs is 1. The van der Waals surface area contributed by atoms with Gasteiger partial charge in [0.1, 0.15) is 5.82 Å². The van der Waals surface area contributed by atoms with Gasteiger partial charge in [0, 0.05) is 32.5 Å². The zero-order chi connectivity index (χ0) is 18.5. The summed E-state index contributed by atoms with van der Waals surface area (Å²) >= 11 is 2.31. The molecule has 1 N–H and O–H groups in total. The van der Waals surface area contributed by atoms with Gasteiger partial charge in [-0.1, -0.05) is 24.3 Å². The fraction of sp³-hybridized carbons (Fsp3) is 0.190. The van der Waals surface area contributed by atoms with Crippen LogP contribution in [-0.4, -0.2) is 22.2 Å². The Balaban J connectivity index is 2.07. The third kappa shape index (κ3) is 4.46. The van der Waals surface area contributed by atoms with Gasteiger partial charge in [0.25, 0.3) is 0 Å². The summed E-state index contributed by atoms with van der Waals surface area (Å²) in [5.74, 6) is 1.53. The smallest absolute Gasteiger partial charge is 0.162 e. The molecule has 0 spiro atoms. The van der Waals surface area contributed by atoms with Crippen LogP contribution in [0, 0.1) is 3.57 Å². The second-order valence-corrected chi connectivity index (χ2v) is 7.24. The van der Waals surface area contributed by atoms with Crippen LogP contribution in [0.25, 0.3) is 22.3 Å². The molecule has 0 radical (unpaired) electrons. The number of benzene rings is 2. The first-order valence-corrected chi connectivity index (χ1v) is 9.64. The topological polar surface area (TPSA) is 50.2 Å². The summed E-state index contributed by atoms with van der Waals surface area (Å²) in [4.78, 5) is 14.0. The molecule has 0 aliphatic heterocycles. The Morgan fingerprint density at radius 1 is 1.12 bits per heavy atom. The molecular formula is C21H21IN4. The Kier molecular flexibility index (Phi) is 5.98. The summed E-state index contributed by atoms with van der Waals surface area (Å²) in [7, 11) is 0. The van der Waals surface area contributed by atoms with Crippen molar-refractivity contribution < 1.29 is 0 Å². The van der Waals surface area contributed by atoms with Crippen molar-refractivity contribution in [3.63, 3.8) is 0 Å². The number of anilines is 1. The van der Waals surface area contributed by atoms with Gasteiger partial charge in [-0.15, -0.1) is 0 Å². The first kappa shape index (κ1) is 18.5. The van der Waals surface area contributed by atoms with Crippen molar-refractivity contribution in [3.05, 3.63) is 63.9 Å². The van der Waals surface area contributed by atoms with Gasteiger partial charge >= 0.3 is 0 Å². The van der Waals surface area contributed by atoms with Crippen LogP contribution in [0.5, 0.6) is 0 Å². The molecule has 132 valence electrons. The van der Waals surface area contributed by atoms with Crippen molar-refractivity contribution in [1.29, 1.82) is 0 Å². The number of hydrogen-bond donors (Lipinski definition) is 1. The monoisotopic (exact) mass is 456 g/mol. The van der Waals surface area contributed by atoms with Gasteiger partial charge in [0.2, 0.25) is 0 Å². The molecule has 0 aliphatic carbocycles. The van der Waals surface area contributed by atoms with Gasteiger partial charge in [-0.05, 0) is 73.7 Å². The first-order valence-electron chi connectivity index (χ1n) is 8.56. The maximum Gasteiger partial charge on any atom is 0.162 e. The van der Waals surface area contributed by atoms with Gasteiger partial charge in [-0.25, -0.2) is 9.97 Å². The van der Waals surface area contributed by atoms with E-state index in [0.29, 0.717) is 0 Å². The van der Waals surface area contributed by atoms with Gasteiger partial charge < -0.3 is 5.32 Å². The zero-order valence-electron chi connectivity index (χ0n) is 15.1. The minimum Gasteiger partial charge on any atom is -0.343 e. The molecule has 0 amide bonds. The van der Waals surface area contributed by atoms with E-state index in [9.17, 15) is 0 Å². The molecular weight excluding hydrogens is 435 g/mol. The Labute approximate surface area is 167 Å². The van der Waals surface area contributed by atoms with E-state index in [-0.39, 0.29) is 0 Å². The average Bonchev–Trinajstić information content (AvgIpc) is 2.61. The molecule has 0 unspecified atom stereocenters. The van der Waals surface area contributed by atoms with E-state index in [4.69, 9.17) is 9.97 Å². The quantitative estimate of drug-likeness (QED) is 0.396. The minimum absolute atomic E-state index is 0.719. The third-order valence-corrected chi connectivity index (χ3v) is 4.51. The predicted molar refractivity (Wildman–Crippen MR) is 119 cm³/mol. The molecule has 0 saturated carbocycles. The number of aliphatic imine (C=N–C) groups is 1. The largest absolute Gasteiger partial charge is 0.343 e. The van der Waals surface area contributed by atoms with Crippen molar-refractivity contribution in [1.82, 2.24) is 9.97 Å². The van der Waals surface area contributed by atoms with E-state index < -0.39 is 0 Å². The summed E-state index contributed by atoms with van der Waals surface area (Å²) in [6.07, 6.45) is 2.03. The van der Waals surface area contributed by atoms with Gasteiger partial charge in [0.05, 0.1) is 5.52 Å². The molecule has 1 aromatic heterocycles. The zero-order valence-corrected chi connectivity index (χ0v) is 17.3. The third-order valence-electron chi connectivity index (χ3n) is 3.83. The van der Waals surface area contributed by atoms with Crippen molar-refractivity contribution in [2.45, 2.75) is 20.8 Å². The van der Waals surface area contributed by atoms with Crippen LogP contribution in [0.15, 0.2) is 65.3 Å². The van der Waals surface area contributed by atoms with Crippen molar-refractivity contribution in [2.75, 3.05) is 11.9 Å². The molecule has 2 aromatic carbocycles. The molecule has 3 rings (SSSR count). The Bertz CT molecular complexity index is 992. The Hall–Kier alpha value is -2.28. The maximum atomic E-state index is 4.80. The number of halogens is 1. The van der Waals surface area contributed by atoms with Crippen molar-refractivity contribution in [3.8, 4) is 11.4 Å². The summed E-state index contributed by atoms with van der Waals surface area (Å²) in [5.41, 5.74) is 3.92. The Morgan fingerprint density at radius 2 is 1.92 bits per heavy atom. The fourth-order valence-corrected chi connectivity index (χ4v) is 3.30. The predicted octanol–water partition coefficient (Wildman–Crippen LogP) is 5.70. The molecule has 4 nitrogen and oxygen atoms in total. The summed E-state index contributed by atoms with van der Waals surface area (Å²) < 4.78 is 1.16. The summed E-state index contributed by atoms with van der Waals surface area (Å²) in [6, 6.07) is 16.3. The number of nitrogens with one attached hydrogen (secondary N) is 1. The maximum absolute atomic E-state index is 4.80. The lowest BCUT2D eigenvalue weighted by molar-refractivity contribution is 1.13. The highest BCUT2D eigenvalue weighted by molar-refractivity contribution is 14.1. The highest BCUT2D eigenvalue weighted by Gasteiger charge is 2.10. The van der Waals surface area contributed by atoms with E-state index in [1.165, 1.54) is 0 Å². The highest BCUT2D eigenvalue weighted by Crippen LogP contribution is 2.26. The standard InChI is InChI=1S/C21H21IN4/c1-4-23-14(2)12-15(3)24-21-18-10-5-6-11-19(18)25-20(26-21)16-8-7-9-17(22)13-16/h5-13H,4H2,1-3H3,(H,24,25,26)/b15-12+,23-14?. The van der Waals surface area contributed by atoms with Crippen LogP contribution in [0.4, 0.5) is 5.82 Å². The molecule has 26 heavy (non-hydrogen) atoms. The SMILES string of the molecule is CCN=C(C)/C=C(\C)Nc1nc(-c2cccc(I)c2)nc2ccccc12. The van der Waals surface area contributed by atoms with Crippen molar-refractivity contribution >= 4 is 45.0 Å². The number of nitrogens with zero attached hydrogens (tertiary/aromatic N) is 3. The number of rotatable bonds is 5. The Morgan fingerprint density at radius 3 is 2.69 bits per heavy atom. The molecule has 1 heterocycles. The van der Waals surface area contributed by atoms with E-state index in [2.05, 4.69) is 45.0 Å². The van der Waals surface area contributed by atoms with Gasteiger partial charge in [-0.3, -0.25) is 4.99 Å². The van der Waals surface area contributed by atoms with Gasteiger partial charge in [0.15, 0.2) is 5.82 Å². The number of allylic oxidation sites excluding steroid dienone is 2. The second kappa shape index (κ2) is 8.40. The average molecular weight is 456 g/mol. The number of hydrogen-bond acceptors (Lipinski definition) is 4. The van der Waals surface area contributed by atoms with Crippen molar-refractivity contribution in [2.24, 2.45) is 4.99 Å². The molecule has 0 fully saturated rings. The van der Waals surface area contributed by atoms with Gasteiger partial charge in [-0.2, -0.15) is 0 Å². The minimum atomic E-state index is 0.719. The van der Waals surface area contributed by atoms with Crippen LogP contribution in [0.1, 0.15) is 20.8 Å². The van der Waals surface area contributed by atoms with E-state index in [0.717, 1.165) is 49.6 Å². The van der Waals surface area contributed by atoms with E-state index in [1.807, 2.05) is 63.2 Å². The second-order valence-electron chi connectivity index (χ2n) is 5.99. The molecule has 0 atom stereocenters. The lowest BCUT2D eigenvalue weighted by atomic mass is 10.2. The normalized spacial score (nSPS) is 12.5. The number of para-hydroxylation sites is 1. The summed E-state index contributed by atoms with van der Waals surface area (Å²) in [6.45, 7) is 6.84. The van der Waals surface area contributed by atoms with Crippen LogP contribution < -0.4 is 5.32 Å². The molecule has 0 saturated heterocycles. The molecule has 3 aromatic rings. The fourth-order valence-electron chi connectivity index (χ4n) is 2.76. The lowest BCUT2D eigenvalue weighted by Gasteiger charge is -2.11. The van der Waals surface area contributed by atoms with E-state index >= 15 is 0 Å². The van der Waals surface area contributed by atoms with Crippen LogP contribution in [-0.2, 0) is 0 Å². The molecule has 0 aliphatic rings. The van der Waals surface area contributed by atoms with Crippen LogP contribution in [0.3, 0.4) is 0 Å². The number of aromatic nitrogens is 2. The van der Waals surface area contributed by atoms with Crippen LogP contribution in [0.2, 0.25) is 0 Å². The summed E-state index contributed by atoms with van der Waals surface area (Å²) in [5, 5.41) is 4.43. The first-order chi connectivity index (χ1) is 12.6. The van der Waals surface area contributed by atoms with Crippen LogP contribution >= 0.6 is 22.6 Å². The molecule has 0 bridgehead atoms. The lowest BCUT2D eigenvalue weighted by Crippen LogP contribution is -2.04. The van der Waals surface area contributed by atoms with E-state index in [1.54, 1.807) is 0 Å².